The molecule has 0 saturated carbocycles. The highest BCUT2D eigenvalue weighted by molar-refractivity contribution is 5.63. The Kier molecular flexibility index (Phi) is 4.70. The van der Waals surface area contributed by atoms with E-state index in [0.717, 1.165) is 49.8 Å². The highest BCUT2D eigenvalue weighted by Crippen LogP contribution is 2.41. The summed E-state index contributed by atoms with van der Waals surface area (Å²) in [5, 5.41) is 14.6. The molecule has 2 aliphatic rings. The average Bonchev–Trinajstić information content (AvgIpc) is 3.17. The van der Waals surface area contributed by atoms with Gasteiger partial charge in [-0.2, -0.15) is 4.98 Å². The molecular weight excluding hydrogens is 332 g/mol. The van der Waals surface area contributed by atoms with Crippen molar-refractivity contribution in [2.24, 2.45) is 0 Å². The van der Waals surface area contributed by atoms with Crippen LogP contribution in [-0.2, 0) is 4.74 Å². The normalized spacial score (nSPS) is 20.1. The number of hydrogen-bond acceptors (Lipinski definition) is 8. The molecule has 0 unspecified atom stereocenters. The standard InChI is InChI=1S/C17H24N8O/c1-3-13-16-23-21-11-24(16)14-10-20-17(19-7-6-18-2)22-15(14)25(13)12-4-8-26-9-5-12/h6-7,10-13,18H,3-5,8-9H2,1-2H3,(H,19,20,22)/b7-6-/t13-/m1/s1. The third-order valence-electron chi connectivity index (χ3n) is 4.90. The van der Waals surface area contributed by atoms with Crippen molar-refractivity contribution in [2.45, 2.75) is 38.3 Å². The van der Waals surface area contributed by atoms with Crippen LogP contribution >= 0.6 is 0 Å². The van der Waals surface area contributed by atoms with Gasteiger partial charge in [-0.1, -0.05) is 6.92 Å². The van der Waals surface area contributed by atoms with Crippen molar-refractivity contribution in [1.29, 1.82) is 0 Å². The molecule has 4 heterocycles. The Morgan fingerprint density at radius 1 is 1.31 bits per heavy atom. The van der Waals surface area contributed by atoms with Crippen molar-refractivity contribution in [3.8, 4) is 5.69 Å². The Bertz CT molecular complexity index is 783. The largest absolute Gasteiger partial charge is 0.393 e. The third-order valence-corrected chi connectivity index (χ3v) is 4.90. The number of rotatable bonds is 5. The van der Waals surface area contributed by atoms with Crippen LogP contribution in [0, 0.1) is 0 Å². The Morgan fingerprint density at radius 3 is 2.92 bits per heavy atom. The molecule has 0 spiro atoms. The fourth-order valence-electron chi connectivity index (χ4n) is 3.69. The van der Waals surface area contributed by atoms with Crippen LogP contribution in [0.3, 0.4) is 0 Å². The lowest BCUT2D eigenvalue weighted by atomic mass is 10.0. The lowest BCUT2D eigenvalue weighted by Gasteiger charge is -2.43. The first-order chi connectivity index (χ1) is 12.8. The fraction of sp³-hybridized carbons (Fsp3) is 0.529. The Labute approximate surface area is 152 Å². The number of ether oxygens (including phenoxy) is 1. The zero-order chi connectivity index (χ0) is 17.9. The predicted molar refractivity (Wildman–Crippen MR) is 98.1 cm³/mol. The summed E-state index contributed by atoms with van der Waals surface area (Å²) in [7, 11) is 1.85. The summed E-state index contributed by atoms with van der Waals surface area (Å²) in [5.41, 5.74) is 0.921. The summed E-state index contributed by atoms with van der Waals surface area (Å²) in [6, 6.07) is 0.511. The summed E-state index contributed by atoms with van der Waals surface area (Å²) in [6.45, 7) is 3.73. The van der Waals surface area contributed by atoms with Gasteiger partial charge in [-0.15, -0.1) is 10.2 Å². The second-order valence-corrected chi connectivity index (χ2v) is 6.40. The number of hydrogen-bond donors (Lipinski definition) is 2. The maximum absolute atomic E-state index is 5.57. The summed E-state index contributed by atoms with van der Waals surface area (Å²) in [5.74, 6) is 2.44. The average molecular weight is 356 g/mol. The highest BCUT2D eigenvalue weighted by Gasteiger charge is 2.38. The van der Waals surface area contributed by atoms with E-state index in [1.54, 1.807) is 18.7 Å². The van der Waals surface area contributed by atoms with Gasteiger partial charge in [0.15, 0.2) is 11.6 Å². The van der Waals surface area contributed by atoms with Gasteiger partial charge in [0, 0.05) is 38.7 Å². The molecule has 0 bridgehead atoms. The minimum absolute atomic E-state index is 0.142. The van der Waals surface area contributed by atoms with Gasteiger partial charge >= 0.3 is 0 Å². The second-order valence-electron chi connectivity index (χ2n) is 6.40. The molecule has 9 heteroatoms. The van der Waals surface area contributed by atoms with Gasteiger partial charge in [0.1, 0.15) is 12.0 Å². The quantitative estimate of drug-likeness (QED) is 0.835. The molecule has 2 aromatic heterocycles. The molecule has 9 nitrogen and oxygen atoms in total. The van der Waals surface area contributed by atoms with Crippen LogP contribution in [-0.4, -0.2) is 51.0 Å². The molecule has 0 radical (unpaired) electrons. The number of nitrogens with one attached hydrogen (secondary N) is 2. The molecule has 1 fully saturated rings. The van der Waals surface area contributed by atoms with E-state index in [1.807, 2.05) is 17.8 Å². The van der Waals surface area contributed by atoms with Crippen LogP contribution in [0.4, 0.5) is 11.8 Å². The third kappa shape index (κ3) is 2.88. The van der Waals surface area contributed by atoms with E-state index >= 15 is 0 Å². The smallest absolute Gasteiger partial charge is 0.228 e. The minimum atomic E-state index is 0.142. The van der Waals surface area contributed by atoms with E-state index in [2.05, 4.69) is 37.6 Å². The molecule has 2 N–H and O–H groups in total. The van der Waals surface area contributed by atoms with Gasteiger partial charge in [-0.25, -0.2) is 4.98 Å². The van der Waals surface area contributed by atoms with Crippen molar-refractivity contribution in [3.05, 3.63) is 30.7 Å². The van der Waals surface area contributed by atoms with Gasteiger partial charge in [0.05, 0.1) is 12.2 Å². The van der Waals surface area contributed by atoms with Crippen molar-refractivity contribution in [1.82, 2.24) is 30.0 Å². The monoisotopic (exact) mass is 356 g/mol. The van der Waals surface area contributed by atoms with Crippen LogP contribution < -0.4 is 15.5 Å². The van der Waals surface area contributed by atoms with Crippen LogP contribution in [0.1, 0.15) is 38.1 Å². The Hall–Kier alpha value is -2.68. The lowest BCUT2D eigenvalue weighted by Crippen LogP contribution is -2.45. The molecule has 0 aliphatic carbocycles. The first-order valence-electron chi connectivity index (χ1n) is 9.05. The number of nitrogens with zero attached hydrogens (tertiary/aromatic N) is 6. The molecule has 4 rings (SSSR count). The topological polar surface area (TPSA) is 93.0 Å². The maximum Gasteiger partial charge on any atom is 0.228 e. The van der Waals surface area contributed by atoms with E-state index in [4.69, 9.17) is 9.72 Å². The highest BCUT2D eigenvalue weighted by atomic mass is 16.5. The van der Waals surface area contributed by atoms with Gasteiger partial charge < -0.3 is 20.3 Å². The molecule has 1 atom stereocenters. The number of fused-ring (bicyclic) bond motifs is 3. The van der Waals surface area contributed by atoms with Gasteiger partial charge in [-0.3, -0.25) is 4.57 Å². The predicted octanol–water partition coefficient (Wildman–Crippen LogP) is 1.61. The van der Waals surface area contributed by atoms with Crippen LogP contribution in [0.25, 0.3) is 5.69 Å². The van der Waals surface area contributed by atoms with Crippen LogP contribution in [0.15, 0.2) is 24.9 Å². The summed E-state index contributed by atoms with van der Waals surface area (Å²) >= 11 is 0. The van der Waals surface area contributed by atoms with Crippen LogP contribution in [0.2, 0.25) is 0 Å². The van der Waals surface area contributed by atoms with E-state index in [9.17, 15) is 0 Å². The lowest BCUT2D eigenvalue weighted by molar-refractivity contribution is 0.0817. The van der Waals surface area contributed by atoms with E-state index < -0.39 is 0 Å². The van der Waals surface area contributed by atoms with Crippen molar-refractivity contribution < 1.29 is 4.74 Å². The van der Waals surface area contributed by atoms with Crippen molar-refractivity contribution in [3.63, 3.8) is 0 Å². The molecule has 0 aromatic carbocycles. The number of anilines is 2. The molecule has 0 amide bonds. The molecule has 1 saturated heterocycles. The summed E-state index contributed by atoms with van der Waals surface area (Å²) in [4.78, 5) is 11.7. The summed E-state index contributed by atoms with van der Waals surface area (Å²) in [6.07, 6.45) is 10.1. The molecule has 2 aromatic rings. The second kappa shape index (κ2) is 7.28. The van der Waals surface area contributed by atoms with E-state index in [1.165, 1.54) is 0 Å². The first kappa shape index (κ1) is 16.8. The minimum Gasteiger partial charge on any atom is -0.393 e. The van der Waals surface area contributed by atoms with Crippen molar-refractivity contribution >= 4 is 11.8 Å². The first-order valence-corrected chi connectivity index (χ1v) is 9.05. The fourth-order valence-corrected chi connectivity index (χ4v) is 3.69. The molecule has 2 aliphatic heterocycles. The Morgan fingerprint density at radius 2 is 2.15 bits per heavy atom. The van der Waals surface area contributed by atoms with Gasteiger partial charge in [-0.05, 0) is 19.3 Å². The van der Waals surface area contributed by atoms with Crippen molar-refractivity contribution in [2.75, 3.05) is 30.5 Å². The Balaban J connectivity index is 1.78. The number of aromatic nitrogens is 5. The molecule has 26 heavy (non-hydrogen) atoms. The van der Waals surface area contributed by atoms with Gasteiger partial charge in [0.25, 0.3) is 0 Å². The van der Waals surface area contributed by atoms with Gasteiger partial charge in [0.2, 0.25) is 5.95 Å². The maximum atomic E-state index is 5.57. The van der Waals surface area contributed by atoms with E-state index in [-0.39, 0.29) is 6.04 Å². The molecule has 138 valence electrons. The van der Waals surface area contributed by atoms with E-state index in [0.29, 0.717) is 12.0 Å². The van der Waals surface area contributed by atoms with Crippen LogP contribution in [0.5, 0.6) is 0 Å². The summed E-state index contributed by atoms with van der Waals surface area (Å²) < 4.78 is 7.58. The molecular formula is C17H24N8O. The zero-order valence-corrected chi connectivity index (χ0v) is 15.1. The SMILES string of the molecule is CC[C@@H]1c2nncn2-c2cnc(N/C=C\NC)nc2N1C1CCOCC1. The zero-order valence-electron chi connectivity index (χ0n) is 15.1.